The van der Waals surface area contributed by atoms with Crippen LogP contribution in [0.25, 0.3) is 11.3 Å². The number of para-hydroxylation sites is 1. The lowest BCUT2D eigenvalue weighted by Gasteiger charge is -2.39. The Labute approximate surface area is 316 Å². The minimum atomic E-state index is -0.931. The maximum atomic E-state index is 15.2. The summed E-state index contributed by atoms with van der Waals surface area (Å²) in [4.78, 5) is 46.6. The van der Waals surface area contributed by atoms with Gasteiger partial charge in [-0.1, -0.05) is 76.1 Å². The van der Waals surface area contributed by atoms with Crippen molar-refractivity contribution in [3.8, 4) is 17.0 Å². The van der Waals surface area contributed by atoms with Gasteiger partial charge in [-0.2, -0.15) is 0 Å². The van der Waals surface area contributed by atoms with Gasteiger partial charge in [-0.05, 0) is 63.1 Å². The molecular weight excluding hydrogens is 692 g/mol. The third kappa shape index (κ3) is 10.4. The second-order valence-electron chi connectivity index (χ2n) is 15.5. The van der Waals surface area contributed by atoms with Crippen LogP contribution in [0.3, 0.4) is 0 Å². The first-order valence-corrected chi connectivity index (χ1v) is 18.5. The summed E-state index contributed by atoms with van der Waals surface area (Å²) >= 11 is 0. The maximum absolute atomic E-state index is 15.2. The van der Waals surface area contributed by atoms with Crippen LogP contribution < -0.4 is 15.4 Å². The van der Waals surface area contributed by atoms with Crippen LogP contribution in [0, 0.1) is 17.0 Å². The number of carbonyl (C=O) groups is 3. The lowest BCUT2D eigenvalue weighted by Crippen LogP contribution is -2.57. The number of unbranched alkanes of at least 4 members (excludes halogenated alkanes) is 2. The molecule has 3 aromatic carbocycles. The van der Waals surface area contributed by atoms with Crippen molar-refractivity contribution in [2.45, 2.75) is 91.5 Å². The molecule has 1 atom stereocenters. The topological polar surface area (TPSA) is 115 Å². The molecule has 54 heavy (non-hydrogen) atoms. The number of likely N-dealkylation sites (tertiary alicyclic amines) is 1. The Kier molecular flexibility index (Phi) is 12.8. The molecule has 12 heteroatoms. The monoisotopic (exact) mass is 743 g/mol. The molecule has 0 spiro atoms. The number of ether oxygens (including phenoxy) is 2. The normalized spacial score (nSPS) is 13.9. The standard InChI is InChI=1S/C42H51F2N5O5/c1-7-8-14-21-45-36(50)23-42(5,6)37(38-46-34(32-22-29(43)19-20-33(32)44)27-48(38)24-28-15-10-9-11-16-28)47-39(51)31-17-12-13-18-35(31)53-30-25-49(26-30)40(52)54-41(2,3)4/h9-13,15-20,22,27,30,37H,7-8,14,21,23-26H2,1-6H3,(H,45,50)(H,47,51). The van der Waals surface area contributed by atoms with E-state index in [0.29, 0.717) is 37.8 Å². The zero-order valence-electron chi connectivity index (χ0n) is 32.0. The molecular formula is C42H51F2N5O5. The first-order valence-electron chi connectivity index (χ1n) is 18.5. The minimum Gasteiger partial charge on any atom is -0.486 e. The van der Waals surface area contributed by atoms with Gasteiger partial charge in [-0.3, -0.25) is 9.59 Å². The van der Waals surface area contributed by atoms with Crippen molar-refractivity contribution in [2.24, 2.45) is 5.41 Å². The highest BCUT2D eigenvalue weighted by Gasteiger charge is 2.39. The van der Waals surface area contributed by atoms with Crippen molar-refractivity contribution in [1.29, 1.82) is 0 Å². The summed E-state index contributed by atoms with van der Waals surface area (Å²) in [6.45, 7) is 12.7. The Morgan fingerprint density at radius 1 is 0.944 bits per heavy atom. The fraction of sp³-hybridized carbons (Fsp3) is 0.429. The van der Waals surface area contributed by atoms with Gasteiger partial charge in [0.2, 0.25) is 5.91 Å². The number of aromatic nitrogens is 2. The van der Waals surface area contributed by atoms with Crippen molar-refractivity contribution in [1.82, 2.24) is 25.1 Å². The van der Waals surface area contributed by atoms with Gasteiger partial charge in [-0.15, -0.1) is 0 Å². The Hall–Kier alpha value is -5.26. The van der Waals surface area contributed by atoms with Crippen LogP contribution in [-0.4, -0.2) is 63.7 Å². The molecule has 2 heterocycles. The second-order valence-corrected chi connectivity index (χ2v) is 15.5. The van der Waals surface area contributed by atoms with E-state index in [0.717, 1.165) is 43.0 Å². The summed E-state index contributed by atoms with van der Waals surface area (Å²) in [6, 6.07) is 18.7. The highest BCUT2D eigenvalue weighted by Crippen LogP contribution is 2.39. The Morgan fingerprint density at radius 3 is 2.35 bits per heavy atom. The van der Waals surface area contributed by atoms with E-state index in [9.17, 15) is 18.8 Å². The molecule has 288 valence electrons. The van der Waals surface area contributed by atoms with Crippen LogP contribution in [0.1, 0.15) is 95.0 Å². The van der Waals surface area contributed by atoms with Crippen molar-refractivity contribution in [3.63, 3.8) is 0 Å². The smallest absolute Gasteiger partial charge is 0.410 e. The number of halogens is 2. The van der Waals surface area contributed by atoms with Gasteiger partial charge in [0.15, 0.2) is 0 Å². The molecule has 0 bridgehead atoms. The summed E-state index contributed by atoms with van der Waals surface area (Å²) in [6.07, 6.45) is 3.74. The highest BCUT2D eigenvalue weighted by atomic mass is 19.1. The van der Waals surface area contributed by atoms with Crippen LogP contribution in [-0.2, 0) is 16.1 Å². The average Bonchev–Trinajstić information content (AvgIpc) is 3.50. The van der Waals surface area contributed by atoms with E-state index in [1.54, 1.807) is 51.2 Å². The van der Waals surface area contributed by atoms with Gasteiger partial charge in [-0.25, -0.2) is 18.6 Å². The second kappa shape index (κ2) is 17.3. The molecule has 1 aliphatic heterocycles. The molecule has 0 saturated carbocycles. The van der Waals surface area contributed by atoms with Crippen molar-refractivity contribution in [2.75, 3.05) is 19.6 Å². The molecule has 4 aromatic rings. The SMILES string of the molecule is CCCCCNC(=O)CC(C)(C)C(NC(=O)c1ccccc1OC1CN(C(=O)OC(C)(C)C)C1)c1nc(-c2cc(F)ccc2F)cn1Cc1ccccc1. The number of nitrogens with zero attached hydrogens (tertiary/aromatic N) is 3. The van der Waals surface area contributed by atoms with E-state index in [1.807, 2.05) is 48.7 Å². The molecule has 1 aliphatic rings. The zero-order chi connectivity index (χ0) is 39.0. The Bertz CT molecular complexity index is 1920. The fourth-order valence-corrected chi connectivity index (χ4v) is 6.32. The van der Waals surface area contributed by atoms with E-state index in [4.69, 9.17) is 14.5 Å². The number of benzene rings is 3. The van der Waals surface area contributed by atoms with Crippen LogP contribution >= 0.6 is 0 Å². The van der Waals surface area contributed by atoms with Gasteiger partial charge in [0.05, 0.1) is 30.4 Å². The van der Waals surface area contributed by atoms with E-state index in [2.05, 4.69) is 17.6 Å². The predicted octanol–water partition coefficient (Wildman–Crippen LogP) is 8.07. The summed E-state index contributed by atoms with van der Waals surface area (Å²) in [5, 5.41) is 6.16. The molecule has 0 aliphatic carbocycles. The fourth-order valence-electron chi connectivity index (χ4n) is 6.32. The van der Waals surface area contributed by atoms with Gasteiger partial charge in [0, 0.05) is 36.7 Å². The first kappa shape index (κ1) is 39.9. The molecule has 2 N–H and O–H groups in total. The third-order valence-corrected chi connectivity index (χ3v) is 9.17. The number of amides is 3. The molecule has 1 fully saturated rings. The highest BCUT2D eigenvalue weighted by molar-refractivity contribution is 5.97. The van der Waals surface area contributed by atoms with Gasteiger partial charge < -0.3 is 29.6 Å². The number of carbonyl (C=O) groups excluding carboxylic acids is 3. The minimum absolute atomic E-state index is 0.0284. The summed E-state index contributed by atoms with van der Waals surface area (Å²) < 4.78 is 43.1. The van der Waals surface area contributed by atoms with E-state index in [-0.39, 0.29) is 35.3 Å². The zero-order valence-corrected chi connectivity index (χ0v) is 32.0. The molecule has 0 radical (unpaired) electrons. The van der Waals surface area contributed by atoms with Crippen molar-refractivity contribution < 1.29 is 32.6 Å². The third-order valence-electron chi connectivity index (χ3n) is 9.17. The quantitative estimate of drug-likeness (QED) is 0.119. The summed E-state index contributed by atoms with van der Waals surface area (Å²) in [7, 11) is 0. The van der Waals surface area contributed by atoms with E-state index in [1.165, 1.54) is 4.90 Å². The van der Waals surface area contributed by atoms with Gasteiger partial charge in [0.25, 0.3) is 5.91 Å². The molecule has 10 nitrogen and oxygen atoms in total. The molecule has 1 saturated heterocycles. The lowest BCUT2D eigenvalue weighted by atomic mass is 9.80. The average molecular weight is 744 g/mol. The molecule has 5 rings (SSSR count). The van der Waals surface area contributed by atoms with E-state index >= 15 is 4.39 Å². The number of imidazole rings is 1. The van der Waals surface area contributed by atoms with Crippen molar-refractivity contribution in [3.05, 3.63) is 108 Å². The number of hydrogen-bond donors (Lipinski definition) is 2. The first-order chi connectivity index (χ1) is 25.6. The molecule has 1 unspecified atom stereocenters. The van der Waals surface area contributed by atoms with Gasteiger partial charge in [0.1, 0.15) is 34.9 Å². The Morgan fingerprint density at radius 2 is 1.65 bits per heavy atom. The molecule has 3 amide bonds. The number of nitrogens with one attached hydrogen (secondary N) is 2. The Balaban J connectivity index is 1.48. The summed E-state index contributed by atoms with van der Waals surface area (Å²) in [5.41, 5.74) is -0.246. The number of hydrogen-bond acceptors (Lipinski definition) is 6. The van der Waals surface area contributed by atoms with Crippen LogP contribution in [0.2, 0.25) is 0 Å². The van der Waals surface area contributed by atoms with Crippen LogP contribution in [0.5, 0.6) is 5.75 Å². The van der Waals surface area contributed by atoms with Crippen LogP contribution in [0.4, 0.5) is 13.6 Å². The lowest BCUT2D eigenvalue weighted by molar-refractivity contribution is -0.123. The largest absolute Gasteiger partial charge is 0.486 e. The predicted molar refractivity (Wildman–Crippen MR) is 203 cm³/mol. The molecule has 1 aromatic heterocycles. The van der Waals surface area contributed by atoms with Crippen molar-refractivity contribution >= 4 is 17.9 Å². The summed E-state index contributed by atoms with van der Waals surface area (Å²) in [5.74, 6) is -1.25. The van der Waals surface area contributed by atoms with Gasteiger partial charge >= 0.3 is 6.09 Å². The maximum Gasteiger partial charge on any atom is 0.410 e. The van der Waals surface area contributed by atoms with Crippen LogP contribution in [0.15, 0.2) is 79.0 Å². The number of rotatable bonds is 15. The van der Waals surface area contributed by atoms with E-state index < -0.39 is 40.7 Å².